The van der Waals surface area contributed by atoms with E-state index < -0.39 is 0 Å². The zero-order valence-electron chi connectivity index (χ0n) is 9.60. The molecule has 2 heterocycles. The topological polar surface area (TPSA) is 70.7 Å². The van der Waals surface area contributed by atoms with E-state index in [4.69, 9.17) is 0 Å². The Hall–Kier alpha value is -2.17. The highest BCUT2D eigenvalue weighted by Gasteiger charge is 1.97. The second-order valence-electron chi connectivity index (χ2n) is 3.75. The third-order valence-electron chi connectivity index (χ3n) is 2.33. The third-order valence-corrected chi connectivity index (χ3v) is 2.33. The first-order valence-electron chi connectivity index (χ1n) is 5.45. The largest absolute Gasteiger partial charge is 0.370 e. The van der Waals surface area contributed by atoms with Crippen molar-refractivity contribution in [1.82, 2.24) is 15.0 Å². The van der Waals surface area contributed by atoms with E-state index in [1.807, 2.05) is 12.1 Å². The Balaban J connectivity index is 1.92. The number of aromatic nitrogens is 3. The first-order valence-corrected chi connectivity index (χ1v) is 5.45. The first-order chi connectivity index (χ1) is 8.24. The molecule has 0 aliphatic rings. The van der Waals surface area contributed by atoms with Crippen LogP contribution in [0.4, 0.5) is 5.82 Å². The van der Waals surface area contributed by atoms with Gasteiger partial charge in [-0.2, -0.15) is 0 Å². The van der Waals surface area contributed by atoms with Crippen LogP contribution in [-0.4, -0.2) is 21.5 Å². The van der Waals surface area contributed by atoms with Crippen LogP contribution in [-0.2, 0) is 6.42 Å². The van der Waals surface area contributed by atoms with E-state index in [9.17, 15) is 4.79 Å². The molecular weight excluding hydrogens is 216 g/mol. The molecule has 5 heteroatoms. The molecule has 17 heavy (non-hydrogen) atoms. The van der Waals surface area contributed by atoms with Crippen molar-refractivity contribution in [3.8, 4) is 0 Å². The Morgan fingerprint density at radius 3 is 2.82 bits per heavy atom. The molecule has 0 aliphatic carbocycles. The van der Waals surface area contributed by atoms with Crippen LogP contribution in [0.5, 0.6) is 0 Å². The van der Waals surface area contributed by atoms with Crippen LogP contribution in [0.15, 0.2) is 35.4 Å². The average molecular weight is 230 g/mol. The molecule has 2 N–H and O–H groups in total. The van der Waals surface area contributed by atoms with Crippen LogP contribution >= 0.6 is 0 Å². The molecule has 0 radical (unpaired) electrons. The minimum absolute atomic E-state index is 0.135. The van der Waals surface area contributed by atoms with Gasteiger partial charge in [-0.1, -0.05) is 0 Å². The standard InChI is InChI=1S/C12H14N4O/c1-9-15-11(8-12(17)16-9)14-7-4-10-2-5-13-6-3-10/h2-3,5-6,8H,4,7H2,1H3,(H2,14,15,16,17). The van der Waals surface area contributed by atoms with Crippen LogP contribution in [0, 0.1) is 6.92 Å². The molecule has 0 saturated heterocycles. The summed E-state index contributed by atoms with van der Waals surface area (Å²) < 4.78 is 0. The summed E-state index contributed by atoms with van der Waals surface area (Å²) in [5, 5.41) is 3.12. The zero-order chi connectivity index (χ0) is 12.1. The molecule has 0 fully saturated rings. The Labute approximate surface area is 99.0 Å². The van der Waals surface area contributed by atoms with Gasteiger partial charge < -0.3 is 10.3 Å². The van der Waals surface area contributed by atoms with E-state index in [2.05, 4.69) is 20.3 Å². The van der Waals surface area contributed by atoms with Gasteiger partial charge in [0.2, 0.25) is 0 Å². The van der Waals surface area contributed by atoms with Crippen molar-refractivity contribution < 1.29 is 0 Å². The monoisotopic (exact) mass is 230 g/mol. The highest BCUT2D eigenvalue weighted by molar-refractivity contribution is 5.33. The lowest BCUT2D eigenvalue weighted by atomic mass is 10.2. The van der Waals surface area contributed by atoms with Gasteiger partial charge in [-0.05, 0) is 31.0 Å². The normalized spacial score (nSPS) is 10.2. The Bertz CT molecular complexity index is 536. The van der Waals surface area contributed by atoms with Gasteiger partial charge in [-0.3, -0.25) is 9.78 Å². The van der Waals surface area contributed by atoms with Gasteiger partial charge in [-0.15, -0.1) is 0 Å². The first kappa shape index (κ1) is 11.3. The molecule has 2 aromatic heterocycles. The number of aryl methyl sites for hydroxylation is 1. The van der Waals surface area contributed by atoms with Gasteiger partial charge in [0.25, 0.3) is 5.56 Å². The van der Waals surface area contributed by atoms with Gasteiger partial charge in [0.05, 0.1) is 0 Å². The fraction of sp³-hybridized carbons (Fsp3) is 0.250. The van der Waals surface area contributed by atoms with Crippen molar-refractivity contribution in [2.45, 2.75) is 13.3 Å². The molecule has 0 amide bonds. The van der Waals surface area contributed by atoms with Gasteiger partial charge >= 0.3 is 0 Å². The number of aromatic amines is 1. The Morgan fingerprint density at radius 2 is 2.12 bits per heavy atom. The summed E-state index contributed by atoms with van der Waals surface area (Å²) in [7, 11) is 0. The van der Waals surface area contributed by atoms with E-state index >= 15 is 0 Å². The third kappa shape index (κ3) is 3.41. The van der Waals surface area contributed by atoms with E-state index in [0.29, 0.717) is 11.6 Å². The molecule has 5 nitrogen and oxygen atoms in total. The molecule has 0 aromatic carbocycles. The highest BCUT2D eigenvalue weighted by Crippen LogP contribution is 2.01. The lowest BCUT2D eigenvalue weighted by Crippen LogP contribution is -2.13. The van der Waals surface area contributed by atoms with Crippen molar-refractivity contribution in [2.75, 3.05) is 11.9 Å². The molecule has 0 atom stereocenters. The van der Waals surface area contributed by atoms with Gasteiger partial charge in [-0.25, -0.2) is 4.98 Å². The van der Waals surface area contributed by atoms with Gasteiger partial charge in [0.15, 0.2) is 0 Å². The fourth-order valence-electron chi connectivity index (χ4n) is 1.55. The summed E-state index contributed by atoms with van der Waals surface area (Å²) >= 11 is 0. The fourth-order valence-corrected chi connectivity index (χ4v) is 1.55. The number of nitrogens with one attached hydrogen (secondary N) is 2. The van der Waals surface area contributed by atoms with Crippen molar-refractivity contribution in [3.05, 3.63) is 52.3 Å². The second kappa shape index (κ2) is 5.25. The highest BCUT2D eigenvalue weighted by atomic mass is 16.1. The van der Waals surface area contributed by atoms with E-state index in [1.54, 1.807) is 19.3 Å². The number of nitrogens with zero attached hydrogens (tertiary/aromatic N) is 2. The van der Waals surface area contributed by atoms with Crippen molar-refractivity contribution >= 4 is 5.82 Å². The van der Waals surface area contributed by atoms with Crippen molar-refractivity contribution in [3.63, 3.8) is 0 Å². The van der Waals surface area contributed by atoms with E-state index in [-0.39, 0.29) is 5.56 Å². The maximum absolute atomic E-state index is 11.2. The van der Waals surface area contributed by atoms with Gasteiger partial charge in [0.1, 0.15) is 11.6 Å². The summed E-state index contributed by atoms with van der Waals surface area (Å²) in [4.78, 5) is 21.9. The number of hydrogen-bond acceptors (Lipinski definition) is 4. The molecule has 0 aliphatic heterocycles. The summed E-state index contributed by atoms with van der Waals surface area (Å²) in [6, 6.07) is 5.40. The number of anilines is 1. The van der Waals surface area contributed by atoms with Crippen LogP contribution in [0.2, 0.25) is 0 Å². The van der Waals surface area contributed by atoms with E-state index in [1.165, 1.54) is 11.6 Å². The smallest absolute Gasteiger partial charge is 0.252 e. The number of hydrogen-bond donors (Lipinski definition) is 2. The Kier molecular flexibility index (Phi) is 3.49. The minimum atomic E-state index is -0.135. The van der Waals surface area contributed by atoms with Crippen LogP contribution in [0.25, 0.3) is 0 Å². The molecule has 2 aromatic rings. The zero-order valence-corrected chi connectivity index (χ0v) is 9.60. The number of pyridine rings is 1. The predicted molar refractivity (Wildman–Crippen MR) is 66.0 cm³/mol. The molecule has 88 valence electrons. The Morgan fingerprint density at radius 1 is 1.35 bits per heavy atom. The summed E-state index contributed by atoms with van der Waals surface area (Å²) in [5.74, 6) is 1.23. The van der Waals surface area contributed by atoms with Crippen LogP contribution in [0.1, 0.15) is 11.4 Å². The quantitative estimate of drug-likeness (QED) is 0.826. The molecule has 0 spiro atoms. The maximum atomic E-state index is 11.2. The second-order valence-corrected chi connectivity index (χ2v) is 3.75. The van der Waals surface area contributed by atoms with Crippen LogP contribution in [0.3, 0.4) is 0 Å². The van der Waals surface area contributed by atoms with Gasteiger partial charge in [0, 0.05) is 25.0 Å². The maximum Gasteiger partial charge on any atom is 0.252 e. The van der Waals surface area contributed by atoms with Crippen molar-refractivity contribution in [2.24, 2.45) is 0 Å². The van der Waals surface area contributed by atoms with E-state index in [0.717, 1.165) is 13.0 Å². The molecule has 2 rings (SSSR count). The lowest BCUT2D eigenvalue weighted by molar-refractivity contribution is 0.966. The molecule has 0 unspecified atom stereocenters. The summed E-state index contributed by atoms with van der Waals surface area (Å²) in [5.41, 5.74) is 1.07. The molecule has 0 bridgehead atoms. The minimum Gasteiger partial charge on any atom is -0.370 e. The molecule has 0 saturated carbocycles. The molecular formula is C12H14N4O. The average Bonchev–Trinajstić information content (AvgIpc) is 2.29. The summed E-state index contributed by atoms with van der Waals surface area (Å²) in [6.07, 6.45) is 4.41. The predicted octanol–water partition coefficient (Wildman–Crippen LogP) is 1.13. The SMILES string of the molecule is Cc1nc(NCCc2ccncc2)cc(=O)[nH]1. The lowest BCUT2D eigenvalue weighted by Gasteiger charge is -2.05. The number of H-pyrrole nitrogens is 1. The van der Waals surface area contributed by atoms with Crippen molar-refractivity contribution in [1.29, 1.82) is 0 Å². The number of rotatable bonds is 4. The van der Waals surface area contributed by atoms with Crippen LogP contribution < -0.4 is 10.9 Å². The summed E-state index contributed by atoms with van der Waals surface area (Å²) in [6.45, 7) is 2.50.